The van der Waals surface area contributed by atoms with E-state index in [1.807, 2.05) is 24.0 Å². The van der Waals surface area contributed by atoms with Gasteiger partial charge in [0.2, 0.25) is 0 Å². The van der Waals surface area contributed by atoms with Gasteiger partial charge in [0.15, 0.2) is 5.96 Å². The van der Waals surface area contributed by atoms with Crippen LogP contribution in [0.25, 0.3) is 5.69 Å². The molecule has 0 atom stereocenters. The summed E-state index contributed by atoms with van der Waals surface area (Å²) < 4.78 is 7.18. The number of aliphatic imine (C=N–C) groups is 1. The van der Waals surface area contributed by atoms with Gasteiger partial charge in [0, 0.05) is 46.2 Å². The number of hydrogen-bond acceptors (Lipinski definition) is 3. The van der Waals surface area contributed by atoms with Crippen LogP contribution in [-0.4, -0.2) is 43.0 Å². The molecule has 2 aromatic rings. The molecule has 1 heterocycles. The van der Waals surface area contributed by atoms with Crippen molar-refractivity contribution in [3.63, 3.8) is 0 Å². The third-order valence-electron chi connectivity index (χ3n) is 5.52. The second-order valence-electron chi connectivity index (χ2n) is 7.35. The predicted molar refractivity (Wildman–Crippen MR) is 109 cm³/mol. The smallest absolute Gasteiger partial charge is 0.191 e. The first-order chi connectivity index (χ1) is 13.2. The molecule has 0 aliphatic heterocycles. The summed E-state index contributed by atoms with van der Waals surface area (Å²) in [6.07, 6.45) is 10.0. The van der Waals surface area contributed by atoms with Crippen molar-refractivity contribution in [3.8, 4) is 5.69 Å². The fraction of sp³-hybridized carbons (Fsp3) is 0.524. The lowest BCUT2D eigenvalue weighted by Crippen LogP contribution is -2.43. The van der Waals surface area contributed by atoms with E-state index in [9.17, 15) is 0 Å². The summed E-state index contributed by atoms with van der Waals surface area (Å²) in [6.45, 7) is 2.52. The van der Waals surface area contributed by atoms with E-state index in [2.05, 4.69) is 45.0 Å². The van der Waals surface area contributed by atoms with E-state index in [1.54, 1.807) is 13.3 Å². The Hall–Kier alpha value is -2.34. The Bertz CT molecular complexity index is 703. The van der Waals surface area contributed by atoms with Crippen LogP contribution in [0.2, 0.25) is 0 Å². The number of ether oxygens (including phenoxy) is 1. The summed E-state index contributed by atoms with van der Waals surface area (Å²) in [5, 5.41) is 11.2. The molecule has 6 nitrogen and oxygen atoms in total. The van der Waals surface area contributed by atoms with Crippen LogP contribution in [0.4, 0.5) is 0 Å². The normalized spacial score (nSPS) is 16.4. The molecule has 0 bridgehead atoms. The minimum absolute atomic E-state index is 0.346. The van der Waals surface area contributed by atoms with Gasteiger partial charge in [0.1, 0.15) is 0 Å². The Morgan fingerprint density at radius 3 is 2.63 bits per heavy atom. The molecular formula is C21H31N5O. The second-order valence-corrected chi connectivity index (χ2v) is 7.35. The zero-order valence-electron chi connectivity index (χ0n) is 16.4. The number of aromatic nitrogens is 2. The molecule has 1 aromatic carbocycles. The molecule has 1 saturated carbocycles. The predicted octanol–water partition coefficient (Wildman–Crippen LogP) is 3.13. The fourth-order valence-electron chi connectivity index (χ4n) is 3.82. The Balaban J connectivity index is 1.50. The zero-order valence-corrected chi connectivity index (χ0v) is 16.4. The molecule has 1 aliphatic carbocycles. The molecule has 0 radical (unpaired) electrons. The Kier molecular flexibility index (Phi) is 6.87. The van der Waals surface area contributed by atoms with Crippen molar-refractivity contribution in [3.05, 3.63) is 48.3 Å². The van der Waals surface area contributed by atoms with Crippen LogP contribution in [0.1, 0.15) is 37.7 Å². The second kappa shape index (κ2) is 9.55. The first kappa shape index (κ1) is 19.4. The van der Waals surface area contributed by atoms with Crippen molar-refractivity contribution in [1.82, 2.24) is 20.4 Å². The maximum atomic E-state index is 5.32. The van der Waals surface area contributed by atoms with E-state index in [0.717, 1.165) is 37.8 Å². The van der Waals surface area contributed by atoms with Gasteiger partial charge >= 0.3 is 0 Å². The summed E-state index contributed by atoms with van der Waals surface area (Å²) in [7, 11) is 3.61. The third-order valence-corrected chi connectivity index (χ3v) is 5.52. The first-order valence-electron chi connectivity index (χ1n) is 9.77. The molecule has 0 saturated heterocycles. The largest absolute Gasteiger partial charge is 0.385 e. The van der Waals surface area contributed by atoms with Crippen LogP contribution in [0, 0.1) is 5.41 Å². The fourth-order valence-corrected chi connectivity index (χ4v) is 3.82. The van der Waals surface area contributed by atoms with Crippen molar-refractivity contribution in [2.24, 2.45) is 10.4 Å². The summed E-state index contributed by atoms with van der Waals surface area (Å²) >= 11 is 0. The van der Waals surface area contributed by atoms with Crippen molar-refractivity contribution in [2.75, 3.05) is 27.3 Å². The van der Waals surface area contributed by atoms with Gasteiger partial charge in [-0.25, -0.2) is 4.68 Å². The molecule has 3 rings (SSSR count). The minimum Gasteiger partial charge on any atom is -0.385 e. The molecule has 1 fully saturated rings. The number of nitrogens with one attached hydrogen (secondary N) is 2. The van der Waals surface area contributed by atoms with E-state index in [-0.39, 0.29) is 0 Å². The van der Waals surface area contributed by atoms with Crippen LogP contribution in [0.15, 0.2) is 47.7 Å². The monoisotopic (exact) mass is 369 g/mol. The zero-order chi connectivity index (χ0) is 19.0. The van der Waals surface area contributed by atoms with E-state index in [1.165, 1.54) is 31.2 Å². The molecule has 0 spiro atoms. The topological polar surface area (TPSA) is 63.5 Å². The number of methoxy groups -OCH3 is 1. The molecule has 6 heteroatoms. The highest BCUT2D eigenvalue weighted by Gasteiger charge is 2.33. The summed E-state index contributed by atoms with van der Waals surface area (Å²) in [6, 6.07) is 10.3. The summed E-state index contributed by atoms with van der Waals surface area (Å²) in [4.78, 5) is 4.38. The Morgan fingerprint density at radius 2 is 2.00 bits per heavy atom. The highest BCUT2D eigenvalue weighted by molar-refractivity contribution is 5.79. The molecular weight excluding hydrogens is 338 g/mol. The quantitative estimate of drug-likeness (QED) is 0.554. The number of rotatable bonds is 8. The average Bonchev–Trinajstić information content (AvgIpc) is 3.40. The lowest BCUT2D eigenvalue weighted by atomic mass is 9.83. The maximum absolute atomic E-state index is 5.32. The number of guanidine groups is 1. The molecule has 27 heavy (non-hydrogen) atoms. The number of benzene rings is 1. The first-order valence-corrected chi connectivity index (χ1v) is 9.77. The molecule has 2 N–H and O–H groups in total. The third kappa shape index (κ3) is 5.32. The van der Waals surface area contributed by atoms with Gasteiger partial charge in [-0.1, -0.05) is 25.0 Å². The highest BCUT2D eigenvalue weighted by atomic mass is 16.5. The minimum atomic E-state index is 0.346. The number of hydrogen-bond donors (Lipinski definition) is 2. The lowest BCUT2D eigenvalue weighted by Gasteiger charge is -2.30. The summed E-state index contributed by atoms with van der Waals surface area (Å²) in [5.41, 5.74) is 2.62. The van der Waals surface area contributed by atoms with Gasteiger partial charge in [-0.05, 0) is 48.4 Å². The molecule has 0 amide bonds. The van der Waals surface area contributed by atoms with Crippen LogP contribution < -0.4 is 10.6 Å². The SMILES string of the molecule is CN=C(NCc1ccc(-n2cccn2)cc1)NCC1(CCOC)CCCC1. The highest BCUT2D eigenvalue weighted by Crippen LogP contribution is 2.40. The van der Waals surface area contributed by atoms with Crippen LogP contribution in [0.5, 0.6) is 0 Å². The van der Waals surface area contributed by atoms with Gasteiger partial charge in [0.25, 0.3) is 0 Å². The van der Waals surface area contributed by atoms with Gasteiger partial charge in [0.05, 0.1) is 5.69 Å². The molecule has 0 unspecified atom stereocenters. The van der Waals surface area contributed by atoms with Crippen LogP contribution in [-0.2, 0) is 11.3 Å². The standard InChI is InChI=1S/C21H31N5O/c1-22-20(24-17-21(12-15-27-2)10-3-4-11-21)23-16-18-6-8-19(9-7-18)26-14-5-13-25-26/h5-9,13-14H,3-4,10-12,15-17H2,1-2H3,(H2,22,23,24). The Labute approximate surface area is 162 Å². The maximum Gasteiger partial charge on any atom is 0.191 e. The van der Waals surface area contributed by atoms with Crippen molar-refractivity contribution >= 4 is 5.96 Å². The number of nitrogens with zero attached hydrogens (tertiary/aromatic N) is 3. The summed E-state index contributed by atoms with van der Waals surface area (Å²) in [5.74, 6) is 0.856. The van der Waals surface area contributed by atoms with E-state index < -0.39 is 0 Å². The van der Waals surface area contributed by atoms with Gasteiger partial charge < -0.3 is 15.4 Å². The van der Waals surface area contributed by atoms with Gasteiger partial charge in [-0.2, -0.15) is 5.10 Å². The molecule has 146 valence electrons. The van der Waals surface area contributed by atoms with Crippen LogP contribution >= 0.6 is 0 Å². The lowest BCUT2D eigenvalue weighted by molar-refractivity contribution is 0.138. The average molecular weight is 370 g/mol. The molecule has 1 aliphatic rings. The Morgan fingerprint density at radius 1 is 1.22 bits per heavy atom. The van der Waals surface area contributed by atoms with Crippen LogP contribution in [0.3, 0.4) is 0 Å². The van der Waals surface area contributed by atoms with E-state index in [0.29, 0.717) is 5.41 Å². The van der Waals surface area contributed by atoms with E-state index >= 15 is 0 Å². The van der Waals surface area contributed by atoms with Crippen molar-refractivity contribution in [2.45, 2.75) is 38.6 Å². The van der Waals surface area contributed by atoms with Crippen molar-refractivity contribution < 1.29 is 4.74 Å². The van der Waals surface area contributed by atoms with Gasteiger partial charge in [-0.3, -0.25) is 4.99 Å². The van der Waals surface area contributed by atoms with Gasteiger partial charge in [-0.15, -0.1) is 0 Å². The van der Waals surface area contributed by atoms with E-state index in [4.69, 9.17) is 4.74 Å². The molecule has 1 aromatic heterocycles. The van der Waals surface area contributed by atoms with Crippen molar-refractivity contribution in [1.29, 1.82) is 0 Å².